The fraction of sp³-hybridized carbons (Fsp3) is 0.450. The standard InChI is InChI=1S/C60H73N5O10/c1-8-47(45-33-37(2)41(6)38(3)34-45)57(69)64-31-14-11-18-50(64)60(72)75-52(28-21-42-20-27-51(73-7)39(4)32-42)43-22-24-46(25-23-43)74-36-54(67)62-30-13-10-9-12-29-61-53(66)35-44-16-15-17-48-55(44)59(71)65(58(48)70)49-26-19-40(5)63-56(49)68/h15-17,20,22-25,27,32-34,47,49-50,52H,5,8-14,18-19,21,26,28-31,35-36H2,1-4,6-7H3,(H,61,66)(H,62,67)(H,63,68)/t47-,49?,50-,52+/m0/s1. The molecule has 0 aliphatic carbocycles. The van der Waals surface area contributed by atoms with Gasteiger partial charge in [0.25, 0.3) is 17.7 Å². The van der Waals surface area contributed by atoms with Gasteiger partial charge < -0.3 is 35.1 Å². The van der Waals surface area contributed by atoms with Crippen molar-refractivity contribution in [1.82, 2.24) is 25.8 Å². The summed E-state index contributed by atoms with van der Waals surface area (Å²) < 4.78 is 17.7. The number of ether oxygens (including phenoxy) is 3. The van der Waals surface area contributed by atoms with Crippen LogP contribution >= 0.6 is 0 Å². The highest BCUT2D eigenvalue weighted by Gasteiger charge is 2.45. The summed E-state index contributed by atoms with van der Waals surface area (Å²) in [6.45, 7) is 15.2. The summed E-state index contributed by atoms with van der Waals surface area (Å²) in [6.07, 6.45) is 7.07. The molecule has 1 unspecified atom stereocenters. The summed E-state index contributed by atoms with van der Waals surface area (Å²) in [4.78, 5) is 96.3. The number of benzene rings is 4. The molecule has 0 bridgehead atoms. The van der Waals surface area contributed by atoms with E-state index in [4.69, 9.17) is 14.2 Å². The quantitative estimate of drug-likeness (QED) is 0.0369. The molecule has 4 atom stereocenters. The van der Waals surface area contributed by atoms with Crippen LogP contribution in [0.3, 0.4) is 0 Å². The number of carbonyl (C=O) groups excluding carboxylic acids is 7. The zero-order valence-corrected chi connectivity index (χ0v) is 44.4. The molecular weight excluding hydrogens is 951 g/mol. The van der Waals surface area contributed by atoms with E-state index in [2.05, 4.69) is 61.5 Å². The third-order valence-corrected chi connectivity index (χ3v) is 14.9. The van der Waals surface area contributed by atoms with E-state index in [1.807, 2.05) is 38.1 Å². The van der Waals surface area contributed by atoms with Crippen LogP contribution in [0.2, 0.25) is 0 Å². The topological polar surface area (TPSA) is 190 Å². The van der Waals surface area contributed by atoms with Gasteiger partial charge in [-0.1, -0.05) is 74.9 Å². The van der Waals surface area contributed by atoms with Crippen molar-refractivity contribution in [3.8, 4) is 11.5 Å². The molecule has 15 heteroatoms. The van der Waals surface area contributed by atoms with Crippen LogP contribution in [0, 0.1) is 27.7 Å². The Hall–Kier alpha value is -7.29. The lowest BCUT2D eigenvalue weighted by molar-refractivity contribution is -0.162. The van der Waals surface area contributed by atoms with E-state index in [1.54, 1.807) is 42.3 Å². The molecule has 4 aromatic rings. The first-order valence-corrected chi connectivity index (χ1v) is 26.5. The van der Waals surface area contributed by atoms with Gasteiger partial charge in [0.15, 0.2) is 6.61 Å². The number of hydrogen-bond acceptors (Lipinski definition) is 10. The monoisotopic (exact) mass is 1020 g/mol. The number of fused-ring (bicyclic) bond motifs is 1. The van der Waals surface area contributed by atoms with Crippen LogP contribution in [0.5, 0.6) is 11.5 Å². The molecular formula is C60H73N5O10. The predicted octanol–water partition coefficient (Wildman–Crippen LogP) is 8.52. The lowest BCUT2D eigenvalue weighted by Gasteiger charge is -2.37. The van der Waals surface area contributed by atoms with Gasteiger partial charge in [0.05, 0.1) is 30.6 Å². The number of carbonyl (C=O) groups is 7. The number of allylic oxidation sites excluding steroid dienone is 1. The van der Waals surface area contributed by atoms with Crippen molar-refractivity contribution in [3.05, 3.63) is 141 Å². The highest BCUT2D eigenvalue weighted by Crippen LogP contribution is 2.34. The Bertz CT molecular complexity index is 2760. The van der Waals surface area contributed by atoms with Gasteiger partial charge in [0, 0.05) is 25.3 Å². The van der Waals surface area contributed by atoms with Crippen LogP contribution in [0.15, 0.2) is 85.1 Å². The number of likely N-dealkylation sites (tertiary alicyclic amines) is 1. The van der Waals surface area contributed by atoms with Gasteiger partial charge in [0.1, 0.15) is 29.7 Å². The first-order valence-electron chi connectivity index (χ1n) is 26.5. The first-order chi connectivity index (χ1) is 36.1. The highest BCUT2D eigenvalue weighted by atomic mass is 16.5. The van der Waals surface area contributed by atoms with Gasteiger partial charge >= 0.3 is 5.97 Å². The van der Waals surface area contributed by atoms with Crippen molar-refractivity contribution in [1.29, 1.82) is 0 Å². The summed E-state index contributed by atoms with van der Waals surface area (Å²) in [7, 11) is 1.65. The number of amides is 6. The van der Waals surface area contributed by atoms with Crippen LogP contribution in [-0.2, 0) is 41.6 Å². The van der Waals surface area contributed by atoms with Crippen molar-refractivity contribution in [3.63, 3.8) is 0 Å². The molecule has 0 saturated carbocycles. The Morgan fingerprint density at radius 1 is 0.800 bits per heavy atom. The van der Waals surface area contributed by atoms with Crippen LogP contribution < -0.4 is 25.4 Å². The number of piperidine rings is 2. The molecule has 3 aliphatic heterocycles. The van der Waals surface area contributed by atoms with Gasteiger partial charge in [-0.15, -0.1) is 0 Å². The predicted molar refractivity (Wildman–Crippen MR) is 285 cm³/mol. The van der Waals surface area contributed by atoms with E-state index in [-0.39, 0.29) is 47.8 Å². The fourth-order valence-corrected chi connectivity index (χ4v) is 10.5. The van der Waals surface area contributed by atoms with Crippen LogP contribution in [0.4, 0.5) is 0 Å². The van der Waals surface area contributed by atoms with Gasteiger partial charge in [-0.2, -0.15) is 0 Å². The zero-order chi connectivity index (χ0) is 53.8. The van der Waals surface area contributed by atoms with E-state index >= 15 is 0 Å². The number of aryl methyl sites for hydroxylation is 4. The third kappa shape index (κ3) is 13.7. The Kier molecular flexibility index (Phi) is 19.1. The van der Waals surface area contributed by atoms with Crippen molar-refractivity contribution in [2.45, 2.75) is 142 Å². The molecule has 75 heavy (non-hydrogen) atoms. The zero-order valence-electron chi connectivity index (χ0n) is 44.4. The number of methoxy groups -OCH3 is 1. The second kappa shape index (κ2) is 25.8. The van der Waals surface area contributed by atoms with Crippen molar-refractivity contribution in [2.24, 2.45) is 0 Å². The van der Waals surface area contributed by atoms with Gasteiger partial charge in [-0.05, 0) is 161 Å². The summed E-state index contributed by atoms with van der Waals surface area (Å²) in [5.74, 6) is -1.63. The van der Waals surface area contributed by atoms with Gasteiger partial charge in [0.2, 0.25) is 17.7 Å². The molecule has 0 aromatic heterocycles. The molecule has 4 aromatic carbocycles. The largest absolute Gasteiger partial charge is 0.496 e. The average molecular weight is 1020 g/mol. The third-order valence-electron chi connectivity index (χ3n) is 14.9. The lowest BCUT2D eigenvalue weighted by Crippen LogP contribution is -2.51. The minimum atomic E-state index is -0.928. The van der Waals surface area contributed by atoms with Crippen molar-refractivity contribution in [2.75, 3.05) is 33.4 Å². The second-order valence-corrected chi connectivity index (χ2v) is 20.2. The number of esters is 1. The van der Waals surface area contributed by atoms with Gasteiger partial charge in [-0.3, -0.25) is 33.7 Å². The SMILES string of the molecule is C=C1CCC(N2C(=O)c3cccc(CC(=O)NCCCCCCNC(=O)COc4ccc([C@@H](CCc5ccc(OC)c(C)c5)OC(=O)[C@@H]5CCCCN5C(=O)[C@@H](CC)c5cc(C)c(C)c(C)c5)cc4)c3C2=O)C(=O)N1. The van der Waals surface area contributed by atoms with Crippen molar-refractivity contribution >= 4 is 41.4 Å². The van der Waals surface area contributed by atoms with Gasteiger partial charge in [-0.25, -0.2) is 4.79 Å². The summed E-state index contributed by atoms with van der Waals surface area (Å²) in [5, 5.41) is 8.43. The molecule has 0 spiro atoms. The van der Waals surface area contributed by atoms with E-state index in [0.717, 1.165) is 76.1 Å². The summed E-state index contributed by atoms with van der Waals surface area (Å²) in [6, 6.07) is 20.7. The summed E-state index contributed by atoms with van der Waals surface area (Å²) in [5.41, 5.74) is 8.67. The molecule has 398 valence electrons. The minimum absolute atomic E-state index is 0.0444. The molecule has 6 amide bonds. The first kappa shape index (κ1) is 55.5. The number of nitrogens with zero attached hydrogens (tertiary/aromatic N) is 2. The molecule has 3 heterocycles. The number of nitrogens with one attached hydrogen (secondary N) is 3. The van der Waals surface area contributed by atoms with Crippen LogP contribution in [0.1, 0.15) is 155 Å². The maximum Gasteiger partial charge on any atom is 0.329 e. The molecule has 2 saturated heterocycles. The Morgan fingerprint density at radius 2 is 1.51 bits per heavy atom. The molecule has 3 aliphatic rings. The smallest absolute Gasteiger partial charge is 0.329 e. The van der Waals surface area contributed by atoms with Crippen LogP contribution in [-0.4, -0.2) is 96.6 Å². The number of rotatable bonds is 23. The van der Waals surface area contributed by atoms with Crippen LogP contribution in [0.25, 0.3) is 0 Å². The molecule has 0 radical (unpaired) electrons. The van der Waals surface area contributed by atoms with E-state index < -0.39 is 41.9 Å². The van der Waals surface area contributed by atoms with Crippen molar-refractivity contribution < 1.29 is 47.8 Å². The molecule has 2 fully saturated rings. The minimum Gasteiger partial charge on any atom is -0.496 e. The molecule has 3 N–H and O–H groups in total. The number of hydrogen-bond donors (Lipinski definition) is 3. The maximum atomic E-state index is 14.3. The second-order valence-electron chi connectivity index (χ2n) is 20.2. The average Bonchev–Trinajstić information content (AvgIpc) is 3.65. The highest BCUT2D eigenvalue weighted by molar-refractivity contribution is 6.23. The summed E-state index contributed by atoms with van der Waals surface area (Å²) >= 11 is 0. The van der Waals surface area contributed by atoms with E-state index in [0.29, 0.717) is 81.6 Å². The van der Waals surface area contributed by atoms with E-state index in [9.17, 15) is 33.6 Å². The Labute approximate surface area is 441 Å². The normalized spacial score (nSPS) is 17.2. The lowest BCUT2D eigenvalue weighted by atomic mass is 9.89. The Balaban J connectivity index is 0.859. The molecule has 15 nitrogen and oxygen atoms in total. The number of imide groups is 1. The maximum absolute atomic E-state index is 14.3. The Morgan fingerprint density at radius 3 is 2.17 bits per heavy atom. The van der Waals surface area contributed by atoms with E-state index in [1.165, 1.54) is 5.56 Å². The molecule has 7 rings (SSSR count). The number of unbranched alkanes of at least 4 members (excludes halogenated alkanes) is 3. The fourth-order valence-electron chi connectivity index (χ4n) is 10.5.